The van der Waals surface area contributed by atoms with Gasteiger partial charge >= 0.3 is 5.97 Å². The van der Waals surface area contributed by atoms with Crippen molar-refractivity contribution in [2.24, 2.45) is 0 Å². The van der Waals surface area contributed by atoms with Crippen molar-refractivity contribution >= 4 is 5.97 Å². The number of carbonyl (C=O) groups is 1. The van der Waals surface area contributed by atoms with Gasteiger partial charge < -0.3 is 14.4 Å². The molecule has 1 aromatic heterocycles. The van der Waals surface area contributed by atoms with E-state index in [1.54, 1.807) is 13.0 Å². The second-order valence-corrected chi connectivity index (χ2v) is 5.46. The highest BCUT2D eigenvalue weighted by Gasteiger charge is 2.22. The summed E-state index contributed by atoms with van der Waals surface area (Å²) >= 11 is 0. The average Bonchev–Trinajstić information content (AvgIpc) is 2.70. The number of aromatic carboxylic acids is 1. The van der Waals surface area contributed by atoms with Crippen molar-refractivity contribution in [3.63, 3.8) is 0 Å². The Labute approximate surface area is 113 Å². The fraction of sp³-hybridized carbons (Fsp3) is 0.643. The fourth-order valence-electron chi connectivity index (χ4n) is 2.71. The van der Waals surface area contributed by atoms with E-state index in [1.165, 1.54) is 12.8 Å². The number of rotatable bonds is 4. The predicted octanol–water partition coefficient (Wildman–Crippen LogP) is 1.81. The Balaban J connectivity index is 2.00. The first-order chi connectivity index (χ1) is 8.97. The molecule has 2 rings (SSSR count). The number of carboxylic acid groups (broad SMARTS) is 1. The monoisotopic (exact) mass is 266 g/mol. The zero-order valence-electron chi connectivity index (χ0n) is 11.8. The van der Waals surface area contributed by atoms with Crippen molar-refractivity contribution < 1.29 is 14.3 Å². The summed E-state index contributed by atoms with van der Waals surface area (Å²) in [5.74, 6) is 0.287. The maximum absolute atomic E-state index is 11.0. The van der Waals surface area contributed by atoms with E-state index in [2.05, 4.69) is 23.9 Å². The predicted molar refractivity (Wildman–Crippen MR) is 72.4 cm³/mol. The van der Waals surface area contributed by atoms with Crippen LogP contribution in [0, 0.1) is 6.92 Å². The molecule has 1 saturated heterocycles. The van der Waals surface area contributed by atoms with Gasteiger partial charge in [-0.15, -0.1) is 0 Å². The summed E-state index contributed by atoms with van der Waals surface area (Å²) < 4.78 is 5.53. The van der Waals surface area contributed by atoms with E-state index in [9.17, 15) is 4.79 Å². The Hall–Kier alpha value is -1.33. The Morgan fingerprint density at radius 1 is 1.63 bits per heavy atom. The third-order valence-electron chi connectivity index (χ3n) is 3.83. The van der Waals surface area contributed by atoms with E-state index in [0.717, 1.165) is 18.8 Å². The highest BCUT2D eigenvalue weighted by molar-refractivity contribution is 5.88. The number of piperidine rings is 1. The smallest absolute Gasteiger partial charge is 0.339 e. The van der Waals surface area contributed by atoms with Crippen LogP contribution in [0.2, 0.25) is 0 Å². The zero-order chi connectivity index (χ0) is 14.0. The molecule has 1 fully saturated rings. The molecule has 1 atom stereocenters. The second-order valence-electron chi connectivity index (χ2n) is 5.46. The van der Waals surface area contributed by atoms with E-state index in [4.69, 9.17) is 9.52 Å². The van der Waals surface area contributed by atoms with Gasteiger partial charge in [0.05, 0.1) is 6.54 Å². The van der Waals surface area contributed by atoms with Crippen molar-refractivity contribution in [3.8, 4) is 0 Å². The van der Waals surface area contributed by atoms with E-state index in [1.807, 2.05) is 0 Å². The normalized spacial score (nSPS) is 20.9. The van der Waals surface area contributed by atoms with Gasteiger partial charge in [-0.25, -0.2) is 4.79 Å². The molecular formula is C14H22N2O3. The minimum Gasteiger partial charge on any atom is -0.478 e. The molecular weight excluding hydrogens is 244 g/mol. The van der Waals surface area contributed by atoms with E-state index >= 15 is 0 Å². The number of hydrogen-bond acceptors (Lipinski definition) is 4. The van der Waals surface area contributed by atoms with Crippen molar-refractivity contribution in [1.29, 1.82) is 0 Å². The molecule has 5 nitrogen and oxygen atoms in total. The zero-order valence-corrected chi connectivity index (χ0v) is 11.8. The molecule has 5 heteroatoms. The Kier molecular flexibility index (Phi) is 4.27. The van der Waals surface area contributed by atoms with Gasteiger partial charge in [0.2, 0.25) is 0 Å². The topological polar surface area (TPSA) is 56.9 Å². The third-order valence-corrected chi connectivity index (χ3v) is 3.83. The van der Waals surface area contributed by atoms with Gasteiger partial charge in [0.25, 0.3) is 0 Å². The molecule has 0 radical (unpaired) electrons. The van der Waals surface area contributed by atoms with E-state index in [-0.39, 0.29) is 5.56 Å². The minimum absolute atomic E-state index is 0.268. The largest absolute Gasteiger partial charge is 0.478 e. The molecule has 1 N–H and O–H groups in total. The first-order valence-corrected chi connectivity index (χ1v) is 6.68. The number of furan rings is 1. The summed E-state index contributed by atoms with van der Waals surface area (Å²) in [5, 5.41) is 9.02. The van der Waals surface area contributed by atoms with Gasteiger partial charge in [0, 0.05) is 12.6 Å². The number of likely N-dealkylation sites (N-methyl/N-ethyl adjacent to an activating group) is 2. The molecule has 1 aromatic rings. The molecule has 0 saturated carbocycles. The summed E-state index contributed by atoms with van der Waals surface area (Å²) in [5.41, 5.74) is 0.268. The van der Waals surface area contributed by atoms with Crippen LogP contribution in [0.4, 0.5) is 0 Å². The van der Waals surface area contributed by atoms with Gasteiger partial charge in [0.15, 0.2) is 0 Å². The van der Waals surface area contributed by atoms with Crippen molar-refractivity contribution in [2.45, 2.75) is 32.4 Å². The number of carboxylic acids is 1. The highest BCUT2D eigenvalue weighted by atomic mass is 16.4. The van der Waals surface area contributed by atoms with Gasteiger partial charge in [-0.2, -0.15) is 0 Å². The molecule has 1 aliphatic rings. The van der Waals surface area contributed by atoms with Crippen LogP contribution in [0.1, 0.15) is 34.7 Å². The third kappa shape index (κ3) is 3.36. The van der Waals surface area contributed by atoms with E-state index in [0.29, 0.717) is 18.3 Å². The second kappa shape index (κ2) is 5.75. The van der Waals surface area contributed by atoms with Crippen molar-refractivity contribution in [1.82, 2.24) is 9.80 Å². The number of aryl methyl sites for hydroxylation is 1. The van der Waals surface area contributed by atoms with Crippen LogP contribution in [0.3, 0.4) is 0 Å². The Morgan fingerprint density at radius 2 is 2.37 bits per heavy atom. The molecule has 0 bridgehead atoms. The number of likely N-dealkylation sites (tertiary alicyclic amines) is 1. The summed E-state index contributed by atoms with van der Waals surface area (Å²) in [6, 6.07) is 2.15. The van der Waals surface area contributed by atoms with Gasteiger partial charge in [-0.1, -0.05) is 0 Å². The van der Waals surface area contributed by atoms with Gasteiger partial charge in [0.1, 0.15) is 17.1 Å². The first kappa shape index (κ1) is 14.1. The van der Waals surface area contributed by atoms with Crippen molar-refractivity contribution in [3.05, 3.63) is 23.2 Å². The standard InChI is InChI=1S/C14H22N2O3/c1-10-13(14(17)18)7-12(19-10)9-16(3)11-5-4-6-15(2)8-11/h7,11H,4-6,8-9H2,1-3H3,(H,17,18). The number of nitrogens with zero attached hydrogens (tertiary/aromatic N) is 2. The molecule has 1 unspecified atom stereocenters. The van der Waals surface area contributed by atoms with E-state index < -0.39 is 5.97 Å². The summed E-state index contributed by atoms with van der Waals surface area (Å²) in [4.78, 5) is 15.6. The molecule has 0 aromatic carbocycles. The van der Waals surface area contributed by atoms with Crippen LogP contribution in [0.25, 0.3) is 0 Å². The summed E-state index contributed by atoms with van der Waals surface area (Å²) in [6.45, 7) is 4.57. The molecule has 19 heavy (non-hydrogen) atoms. The van der Waals surface area contributed by atoms with Crippen LogP contribution < -0.4 is 0 Å². The van der Waals surface area contributed by atoms with Crippen LogP contribution in [-0.4, -0.2) is 54.1 Å². The first-order valence-electron chi connectivity index (χ1n) is 6.68. The Bertz CT molecular complexity index is 456. The average molecular weight is 266 g/mol. The molecule has 1 aliphatic heterocycles. The van der Waals surface area contributed by atoms with Gasteiger partial charge in [-0.05, 0) is 46.5 Å². The highest BCUT2D eigenvalue weighted by Crippen LogP contribution is 2.19. The molecule has 0 amide bonds. The fourth-order valence-corrected chi connectivity index (χ4v) is 2.71. The number of hydrogen-bond donors (Lipinski definition) is 1. The molecule has 2 heterocycles. The van der Waals surface area contributed by atoms with Crippen LogP contribution in [-0.2, 0) is 6.54 Å². The van der Waals surface area contributed by atoms with Crippen LogP contribution >= 0.6 is 0 Å². The lowest BCUT2D eigenvalue weighted by Gasteiger charge is -2.35. The maximum atomic E-state index is 11.0. The minimum atomic E-state index is -0.924. The van der Waals surface area contributed by atoms with Crippen molar-refractivity contribution in [2.75, 3.05) is 27.2 Å². The molecule has 106 valence electrons. The lowest BCUT2D eigenvalue weighted by atomic mass is 10.1. The van der Waals surface area contributed by atoms with Gasteiger partial charge in [-0.3, -0.25) is 4.90 Å². The maximum Gasteiger partial charge on any atom is 0.339 e. The lowest BCUT2D eigenvalue weighted by molar-refractivity contribution is 0.0695. The van der Waals surface area contributed by atoms with Crippen LogP contribution in [0.15, 0.2) is 10.5 Å². The molecule has 0 spiro atoms. The van der Waals surface area contributed by atoms with Crippen LogP contribution in [0.5, 0.6) is 0 Å². The lowest BCUT2D eigenvalue weighted by Crippen LogP contribution is -2.44. The quantitative estimate of drug-likeness (QED) is 0.900. The summed E-state index contributed by atoms with van der Waals surface area (Å²) in [7, 11) is 4.21. The SMILES string of the molecule is Cc1oc(CN(C)C2CCCN(C)C2)cc1C(=O)O. The molecule has 0 aliphatic carbocycles. The Morgan fingerprint density at radius 3 is 2.95 bits per heavy atom. The summed E-state index contributed by atoms with van der Waals surface area (Å²) in [6.07, 6.45) is 2.40.